The Bertz CT molecular complexity index is 1290. The molecule has 4 aromatic rings. The highest BCUT2D eigenvalue weighted by molar-refractivity contribution is 9.10. The molecule has 0 fully saturated rings. The molecule has 166 valence electrons. The van der Waals surface area contributed by atoms with Gasteiger partial charge >= 0.3 is 0 Å². The summed E-state index contributed by atoms with van der Waals surface area (Å²) in [4.78, 5) is 16.2. The Hall–Kier alpha value is -2.99. The molecule has 0 radical (unpaired) electrons. The molecule has 32 heavy (non-hydrogen) atoms. The normalized spacial score (nSPS) is 11.6. The molecule has 0 aliphatic rings. The minimum Gasteiger partial charge on any atom is -0.303 e. The quantitative estimate of drug-likeness (QED) is 0.333. The first-order valence-electron chi connectivity index (χ1n) is 8.97. The van der Waals surface area contributed by atoms with Gasteiger partial charge in [-0.1, -0.05) is 23.7 Å². The Labute approximate surface area is 191 Å². The lowest BCUT2D eigenvalue weighted by atomic mass is 10.2. The molecule has 0 spiro atoms. The Morgan fingerprint density at radius 1 is 1.09 bits per heavy atom. The highest BCUT2D eigenvalue weighted by Gasteiger charge is 2.22. The standard InChI is InChI=1S/C19H12BrClF4N6O/c20-11-8-30(7-9-1-3-10(21)4-2-9)29-18(11)27-19(32)13-6-15-26-12(16(22)23)5-14(17(24)25)31(15)28-13/h1-6,8,16-17H,7H2,(H,27,29,32). The van der Waals surface area contributed by atoms with Gasteiger partial charge in [0.2, 0.25) is 0 Å². The zero-order valence-electron chi connectivity index (χ0n) is 15.8. The first-order chi connectivity index (χ1) is 15.2. The van der Waals surface area contributed by atoms with Crippen LogP contribution in [0.25, 0.3) is 5.65 Å². The van der Waals surface area contributed by atoms with Crippen molar-refractivity contribution in [1.29, 1.82) is 0 Å². The maximum Gasteiger partial charge on any atom is 0.280 e. The van der Waals surface area contributed by atoms with E-state index in [1.54, 1.807) is 23.0 Å². The summed E-state index contributed by atoms with van der Waals surface area (Å²) in [5, 5.41) is 11.2. The van der Waals surface area contributed by atoms with Crippen LogP contribution in [-0.4, -0.2) is 30.3 Å². The van der Waals surface area contributed by atoms with Crippen LogP contribution in [0.4, 0.5) is 23.4 Å². The smallest absolute Gasteiger partial charge is 0.280 e. The largest absolute Gasteiger partial charge is 0.303 e. The zero-order valence-corrected chi connectivity index (χ0v) is 18.2. The number of aromatic nitrogens is 5. The average molecular weight is 532 g/mol. The van der Waals surface area contributed by atoms with Crippen LogP contribution in [0.1, 0.15) is 40.3 Å². The van der Waals surface area contributed by atoms with Gasteiger partial charge < -0.3 is 5.32 Å². The first kappa shape index (κ1) is 22.2. The van der Waals surface area contributed by atoms with Crippen molar-refractivity contribution >= 4 is 44.9 Å². The van der Waals surface area contributed by atoms with Crippen LogP contribution in [0.3, 0.4) is 0 Å². The maximum absolute atomic E-state index is 13.3. The van der Waals surface area contributed by atoms with Gasteiger partial charge in [0.15, 0.2) is 17.2 Å². The number of halogens is 6. The third-order valence-electron chi connectivity index (χ3n) is 4.36. The first-order valence-corrected chi connectivity index (χ1v) is 10.1. The lowest BCUT2D eigenvalue weighted by Gasteiger charge is -2.06. The van der Waals surface area contributed by atoms with Gasteiger partial charge in [-0.25, -0.2) is 27.1 Å². The van der Waals surface area contributed by atoms with Crippen molar-refractivity contribution in [3.63, 3.8) is 0 Å². The van der Waals surface area contributed by atoms with Crippen LogP contribution in [0.15, 0.2) is 47.1 Å². The molecule has 0 atom stereocenters. The summed E-state index contributed by atoms with van der Waals surface area (Å²) in [5.41, 5.74) is -1.29. The number of carbonyl (C=O) groups is 1. The fourth-order valence-electron chi connectivity index (χ4n) is 2.91. The van der Waals surface area contributed by atoms with E-state index in [0.29, 0.717) is 26.6 Å². The Morgan fingerprint density at radius 3 is 2.47 bits per heavy atom. The predicted octanol–water partition coefficient (Wildman–Crippen LogP) is 5.52. The highest BCUT2D eigenvalue weighted by Crippen LogP contribution is 2.26. The number of alkyl halides is 4. The summed E-state index contributed by atoms with van der Waals surface area (Å²) in [6.45, 7) is 0.401. The zero-order chi connectivity index (χ0) is 23.0. The van der Waals surface area contributed by atoms with Crippen molar-refractivity contribution in [2.24, 2.45) is 0 Å². The number of carbonyl (C=O) groups excluding carboxylic acids is 1. The highest BCUT2D eigenvalue weighted by atomic mass is 79.9. The van der Waals surface area contributed by atoms with E-state index in [9.17, 15) is 22.4 Å². The Morgan fingerprint density at radius 2 is 1.81 bits per heavy atom. The molecule has 3 aromatic heterocycles. The van der Waals surface area contributed by atoms with Crippen LogP contribution in [0.2, 0.25) is 5.02 Å². The fraction of sp³-hybridized carbons (Fsp3) is 0.158. The SMILES string of the molecule is O=C(Nc1nn(Cc2ccc(Cl)cc2)cc1Br)c1cc2nc(C(F)F)cc(C(F)F)n2n1. The van der Waals surface area contributed by atoms with E-state index in [-0.39, 0.29) is 17.2 Å². The van der Waals surface area contributed by atoms with E-state index in [4.69, 9.17) is 11.6 Å². The number of hydrogen-bond donors (Lipinski definition) is 1. The fourth-order valence-corrected chi connectivity index (χ4v) is 3.45. The Balaban J connectivity index is 1.58. The van der Waals surface area contributed by atoms with Gasteiger partial charge in [-0.05, 0) is 39.7 Å². The molecule has 1 N–H and O–H groups in total. The number of anilines is 1. The summed E-state index contributed by atoms with van der Waals surface area (Å²) >= 11 is 9.17. The molecule has 0 aliphatic heterocycles. The number of benzene rings is 1. The minimum atomic E-state index is -3.09. The van der Waals surface area contributed by atoms with Gasteiger partial charge in [-0.2, -0.15) is 10.2 Å². The second kappa shape index (κ2) is 8.87. The number of rotatable bonds is 6. The van der Waals surface area contributed by atoms with Gasteiger partial charge in [-0.15, -0.1) is 0 Å². The molecule has 0 unspecified atom stereocenters. The number of fused-ring (bicyclic) bond motifs is 1. The van der Waals surface area contributed by atoms with Gasteiger partial charge in [0.25, 0.3) is 18.8 Å². The number of nitrogens with one attached hydrogen (secondary N) is 1. The Kier molecular flexibility index (Phi) is 6.15. The van der Waals surface area contributed by atoms with Crippen molar-refractivity contribution in [2.45, 2.75) is 19.4 Å². The number of hydrogen-bond acceptors (Lipinski definition) is 4. The summed E-state index contributed by atoms with van der Waals surface area (Å²) in [5.74, 6) is -0.608. The van der Waals surface area contributed by atoms with Crippen LogP contribution < -0.4 is 5.32 Å². The van der Waals surface area contributed by atoms with Crippen molar-refractivity contribution in [1.82, 2.24) is 24.4 Å². The molecule has 1 amide bonds. The third kappa shape index (κ3) is 4.60. The van der Waals surface area contributed by atoms with Crippen LogP contribution in [0.5, 0.6) is 0 Å². The molecular weight excluding hydrogens is 520 g/mol. The van der Waals surface area contributed by atoms with E-state index < -0.39 is 30.1 Å². The van der Waals surface area contributed by atoms with E-state index in [1.807, 2.05) is 12.1 Å². The molecular formula is C19H12BrClF4N6O. The van der Waals surface area contributed by atoms with Crippen LogP contribution in [-0.2, 0) is 6.54 Å². The monoisotopic (exact) mass is 530 g/mol. The van der Waals surface area contributed by atoms with Gasteiger partial charge in [0.1, 0.15) is 11.4 Å². The number of nitrogens with zero attached hydrogens (tertiary/aromatic N) is 5. The third-order valence-corrected chi connectivity index (χ3v) is 5.19. The topological polar surface area (TPSA) is 77.1 Å². The van der Waals surface area contributed by atoms with Crippen LogP contribution in [0, 0.1) is 0 Å². The van der Waals surface area contributed by atoms with E-state index in [1.165, 1.54) is 0 Å². The molecule has 3 heterocycles. The summed E-state index contributed by atoms with van der Waals surface area (Å²) < 4.78 is 55.2. The average Bonchev–Trinajstić information content (AvgIpc) is 3.32. The van der Waals surface area contributed by atoms with E-state index >= 15 is 0 Å². The van der Waals surface area contributed by atoms with Crippen molar-refractivity contribution in [3.8, 4) is 0 Å². The summed E-state index contributed by atoms with van der Waals surface area (Å²) in [7, 11) is 0. The lowest BCUT2D eigenvalue weighted by Crippen LogP contribution is -2.14. The van der Waals surface area contributed by atoms with Gasteiger partial charge in [0, 0.05) is 17.3 Å². The second-order valence-electron chi connectivity index (χ2n) is 6.61. The molecule has 0 bridgehead atoms. The summed E-state index contributed by atoms with van der Waals surface area (Å²) in [6, 6.07) is 8.74. The molecule has 13 heteroatoms. The molecule has 0 saturated heterocycles. The van der Waals surface area contributed by atoms with Gasteiger partial charge in [0.05, 0.1) is 11.0 Å². The summed E-state index contributed by atoms with van der Waals surface area (Å²) in [6.07, 6.45) is -4.50. The maximum atomic E-state index is 13.3. The molecule has 0 aliphatic carbocycles. The second-order valence-corrected chi connectivity index (χ2v) is 7.90. The van der Waals surface area contributed by atoms with Crippen molar-refractivity contribution in [3.05, 3.63) is 74.7 Å². The van der Waals surface area contributed by atoms with E-state index in [0.717, 1.165) is 11.6 Å². The van der Waals surface area contributed by atoms with E-state index in [2.05, 4.69) is 36.4 Å². The van der Waals surface area contributed by atoms with Crippen molar-refractivity contribution in [2.75, 3.05) is 5.32 Å². The molecule has 7 nitrogen and oxygen atoms in total. The predicted molar refractivity (Wildman–Crippen MR) is 111 cm³/mol. The number of amides is 1. The van der Waals surface area contributed by atoms with Crippen molar-refractivity contribution < 1.29 is 22.4 Å². The molecule has 4 rings (SSSR count). The van der Waals surface area contributed by atoms with Crippen LogP contribution >= 0.6 is 27.5 Å². The molecule has 1 aromatic carbocycles. The molecule has 0 saturated carbocycles. The van der Waals surface area contributed by atoms with Gasteiger partial charge in [-0.3, -0.25) is 9.48 Å². The minimum absolute atomic E-state index is 0.163. The lowest BCUT2D eigenvalue weighted by molar-refractivity contribution is 0.102.